The maximum Gasteiger partial charge on any atom is 0.303 e. The van der Waals surface area contributed by atoms with Gasteiger partial charge in [-0.05, 0) is 18.3 Å². The number of carboxylic acids is 1. The minimum atomic E-state index is -0.780. The molecule has 0 aromatic carbocycles. The second-order valence-corrected chi connectivity index (χ2v) is 4.96. The number of carbonyl (C=O) groups is 1. The molecule has 0 spiro atoms. The van der Waals surface area contributed by atoms with Crippen molar-refractivity contribution in [2.75, 3.05) is 11.9 Å². The van der Waals surface area contributed by atoms with Gasteiger partial charge in [0.1, 0.15) is 0 Å². The molecule has 18 heavy (non-hydrogen) atoms. The van der Waals surface area contributed by atoms with Crippen molar-refractivity contribution in [1.29, 1.82) is 0 Å². The molecule has 6 heteroatoms. The fourth-order valence-corrected chi connectivity index (χ4v) is 1.49. The molecule has 1 rings (SSSR count). The number of halogens is 1. The average Bonchev–Trinajstić information content (AvgIpc) is 2.29. The Labute approximate surface area is 105 Å². The number of nitrogens with zero attached hydrogens (tertiary/aromatic N) is 2. The van der Waals surface area contributed by atoms with Gasteiger partial charge in [0.2, 0.25) is 5.95 Å². The van der Waals surface area contributed by atoms with Crippen molar-refractivity contribution in [1.82, 2.24) is 9.97 Å². The van der Waals surface area contributed by atoms with Crippen LogP contribution in [0, 0.1) is 11.2 Å². The maximum absolute atomic E-state index is 12.6. The standard InChI is InChI=1S/C12H18FN3O2/c1-12(2,4-3-10(17)18)5-6-14-11-15-7-9(13)8-16-11/h7-8H,3-6H2,1-2H3,(H,17,18)(H,14,15,16). The molecule has 0 aliphatic carbocycles. The second kappa shape index (κ2) is 6.28. The molecule has 5 nitrogen and oxygen atoms in total. The third-order valence-electron chi connectivity index (χ3n) is 2.72. The highest BCUT2D eigenvalue weighted by atomic mass is 19.1. The maximum atomic E-state index is 12.6. The van der Waals surface area contributed by atoms with E-state index in [-0.39, 0.29) is 11.8 Å². The number of carboxylic acid groups (broad SMARTS) is 1. The topological polar surface area (TPSA) is 75.1 Å². The van der Waals surface area contributed by atoms with Crippen molar-refractivity contribution in [3.05, 3.63) is 18.2 Å². The molecule has 0 bridgehead atoms. The zero-order chi connectivity index (χ0) is 13.6. The zero-order valence-electron chi connectivity index (χ0n) is 10.6. The van der Waals surface area contributed by atoms with E-state index in [0.29, 0.717) is 18.9 Å². The molecule has 1 aromatic heterocycles. The SMILES string of the molecule is CC(C)(CCNc1ncc(F)cn1)CCC(=O)O. The lowest BCUT2D eigenvalue weighted by atomic mass is 9.84. The molecule has 0 radical (unpaired) electrons. The normalized spacial score (nSPS) is 11.3. The highest BCUT2D eigenvalue weighted by Gasteiger charge is 2.18. The molecule has 0 saturated carbocycles. The van der Waals surface area contributed by atoms with Gasteiger partial charge in [0, 0.05) is 13.0 Å². The Morgan fingerprint density at radius 3 is 2.56 bits per heavy atom. The van der Waals surface area contributed by atoms with E-state index in [2.05, 4.69) is 15.3 Å². The molecule has 0 unspecified atom stereocenters. The van der Waals surface area contributed by atoms with Crippen molar-refractivity contribution >= 4 is 11.9 Å². The number of nitrogens with one attached hydrogen (secondary N) is 1. The molecular formula is C12H18FN3O2. The fourth-order valence-electron chi connectivity index (χ4n) is 1.49. The lowest BCUT2D eigenvalue weighted by molar-refractivity contribution is -0.137. The van der Waals surface area contributed by atoms with Gasteiger partial charge in [-0.15, -0.1) is 0 Å². The third-order valence-corrected chi connectivity index (χ3v) is 2.72. The van der Waals surface area contributed by atoms with E-state index in [9.17, 15) is 9.18 Å². The van der Waals surface area contributed by atoms with E-state index in [1.165, 1.54) is 0 Å². The van der Waals surface area contributed by atoms with Gasteiger partial charge in [0.15, 0.2) is 5.82 Å². The second-order valence-electron chi connectivity index (χ2n) is 4.96. The summed E-state index contributed by atoms with van der Waals surface area (Å²) in [6.45, 7) is 4.66. The summed E-state index contributed by atoms with van der Waals surface area (Å²) in [6, 6.07) is 0. The van der Waals surface area contributed by atoms with E-state index in [1.807, 2.05) is 13.8 Å². The Bertz CT molecular complexity index is 393. The molecule has 0 saturated heterocycles. The summed E-state index contributed by atoms with van der Waals surface area (Å²) in [7, 11) is 0. The van der Waals surface area contributed by atoms with Crippen LogP contribution in [0.25, 0.3) is 0 Å². The Morgan fingerprint density at radius 1 is 1.39 bits per heavy atom. The summed E-state index contributed by atoms with van der Waals surface area (Å²) in [6.07, 6.45) is 3.78. The minimum absolute atomic E-state index is 0.0641. The van der Waals surface area contributed by atoms with Gasteiger partial charge in [-0.2, -0.15) is 0 Å². The van der Waals surface area contributed by atoms with Crippen LogP contribution in [-0.2, 0) is 4.79 Å². The summed E-state index contributed by atoms with van der Waals surface area (Å²) < 4.78 is 12.6. The minimum Gasteiger partial charge on any atom is -0.481 e. The Morgan fingerprint density at radius 2 is 2.00 bits per heavy atom. The van der Waals surface area contributed by atoms with E-state index in [1.54, 1.807) is 0 Å². The van der Waals surface area contributed by atoms with Crippen LogP contribution in [-0.4, -0.2) is 27.6 Å². The summed E-state index contributed by atoms with van der Waals surface area (Å²) >= 11 is 0. The number of anilines is 1. The van der Waals surface area contributed by atoms with Gasteiger partial charge in [-0.3, -0.25) is 4.79 Å². The molecule has 0 amide bonds. The number of aliphatic carboxylic acids is 1. The highest BCUT2D eigenvalue weighted by Crippen LogP contribution is 2.26. The molecule has 100 valence electrons. The lowest BCUT2D eigenvalue weighted by Crippen LogP contribution is -2.19. The molecule has 2 N–H and O–H groups in total. The fraction of sp³-hybridized carbons (Fsp3) is 0.583. The molecule has 1 aromatic rings. The molecular weight excluding hydrogens is 237 g/mol. The van der Waals surface area contributed by atoms with Crippen LogP contribution in [0.2, 0.25) is 0 Å². The van der Waals surface area contributed by atoms with Crippen molar-refractivity contribution in [3.63, 3.8) is 0 Å². The van der Waals surface area contributed by atoms with E-state index in [0.717, 1.165) is 18.8 Å². The Hall–Kier alpha value is -1.72. The first-order chi connectivity index (χ1) is 8.39. The van der Waals surface area contributed by atoms with Crippen LogP contribution in [0.3, 0.4) is 0 Å². The van der Waals surface area contributed by atoms with E-state index >= 15 is 0 Å². The van der Waals surface area contributed by atoms with Gasteiger partial charge in [0.25, 0.3) is 0 Å². The van der Waals surface area contributed by atoms with Gasteiger partial charge < -0.3 is 10.4 Å². The summed E-state index contributed by atoms with van der Waals surface area (Å²) in [5, 5.41) is 11.6. The summed E-state index contributed by atoms with van der Waals surface area (Å²) in [5.74, 6) is -0.870. The lowest BCUT2D eigenvalue weighted by Gasteiger charge is -2.23. The van der Waals surface area contributed by atoms with Gasteiger partial charge in [-0.25, -0.2) is 14.4 Å². The van der Waals surface area contributed by atoms with Crippen molar-refractivity contribution in [2.24, 2.45) is 5.41 Å². The summed E-state index contributed by atoms with van der Waals surface area (Å²) in [4.78, 5) is 18.1. The van der Waals surface area contributed by atoms with E-state index in [4.69, 9.17) is 5.11 Å². The predicted molar refractivity (Wildman–Crippen MR) is 65.7 cm³/mol. The first kappa shape index (κ1) is 14.3. The average molecular weight is 255 g/mol. The van der Waals surface area contributed by atoms with Crippen LogP contribution in [0.1, 0.15) is 33.1 Å². The van der Waals surface area contributed by atoms with Crippen molar-refractivity contribution in [2.45, 2.75) is 33.1 Å². The van der Waals surface area contributed by atoms with Crippen LogP contribution in [0.4, 0.5) is 10.3 Å². The third kappa shape index (κ3) is 5.56. The van der Waals surface area contributed by atoms with Gasteiger partial charge in [0.05, 0.1) is 12.4 Å². The Balaban J connectivity index is 2.31. The van der Waals surface area contributed by atoms with Crippen LogP contribution < -0.4 is 5.32 Å². The zero-order valence-corrected chi connectivity index (χ0v) is 10.6. The van der Waals surface area contributed by atoms with Crippen molar-refractivity contribution < 1.29 is 14.3 Å². The summed E-state index contributed by atoms with van der Waals surface area (Å²) in [5.41, 5.74) is -0.0641. The van der Waals surface area contributed by atoms with Gasteiger partial charge >= 0.3 is 5.97 Å². The molecule has 0 aliphatic rings. The monoisotopic (exact) mass is 255 g/mol. The number of hydrogen-bond donors (Lipinski definition) is 2. The molecule has 0 aliphatic heterocycles. The predicted octanol–water partition coefficient (Wildman–Crippen LogP) is 2.31. The molecule has 1 heterocycles. The first-order valence-electron chi connectivity index (χ1n) is 5.82. The quantitative estimate of drug-likeness (QED) is 0.782. The smallest absolute Gasteiger partial charge is 0.303 e. The van der Waals surface area contributed by atoms with Crippen LogP contribution in [0.15, 0.2) is 12.4 Å². The number of aromatic nitrogens is 2. The van der Waals surface area contributed by atoms with Crippen LogP contribution in [0.5, 0.6) is 0 Å². The number of hydrogen-bond acceptors (Lipinski definition) is 4. The van der Waals surface area contributed by atoms with E-state index < -0.39 is 11.8 Å². The van der Waals surface area contributed by atoms with Crippen molar-refractivity contribution in [3.8, 4) is 0 Å². The van der Waals surface area contributed by atoms with Gasteiger partial charge in [-0.1, -0.05) is 13.8 Å². The largest absolute Gasteiger partial charge is 0.481 e. The number of rotatable bonds is 7. The Kier molecular flexibility index (Phi) is 5.00. The highest BCUT2D eigenvalue weighted by molar-refractivity contribution is 5.66. The van der Waals surface area contributed by atoms with Crippen LogP contribution >= 0.6 is 0 Å². The first-order valence-corrected chi connectivity index (χ1v) is 5.82. The molecule has 0 atom stereocenters. The molecule has 0 fully saturated rings.